The first-order valence-corrected chi connectivity index (χ1v) is 6.71. The molecular weight excluding hydrogens is 369 g/mol. The maximum atomic E-state index is 12.7. The summed E-state index contributed by atoms with van der Waals surface area (Å²) in [7, 11) is 0.567. The summed E-state index contributed by atoms with van der Waals surface area (Å²) >= 11 is 1.32. The highest BCUT2D eigenvalue weighted by Gasteiger charge is 2.26. The molecule has 0 aliphatic rings. The lowest BCUT2D eigenvalue weighted by atomic mass is 10.3. The Morgan fingerprint density at radius 3 is 2.40 bits per heavy atom. The lowest BCUT2D eigenvalue weighted by Crippen LogP contribution is -2.05. The monoisotopic (exact) mass is 371 g/mol. The molecule has 0 aliphatic carbocycles. The van der Waals surface area contributed by atoms with E-state index in [2.05, 4.69) is 4.98 Å². The van der Waals surface area contributed by atoms with E-state index < -0.39 is 35.6 Å². The van der Waals surface area contributed by atoms with E-state index >= 15 is 0 Å². The summed E-state index contributed by atoms with van der Waals surface area (Å²) in [6.45, 7) is 0. The molecule has 0 unspecified atom stereocenters. The van der Waals surface area contributed by atoms with Gasteiger partial charge in [0.15, 0.2) is 0 Å². The fourth-order valence-corrected chi connectivity index (χ4v) is 3.86. The highest BCUT2D eigenvalue weighted by atomic mass is 127. The van der Waals surface area contributed by atoms with Crippen LogP contribution in [-0.4, -0.2) is 13.4 Å². The van der Waals surface area contributed by atoms with Gasteiger partial charge in [0.05, 0.1) is 0 Å². The van der Waals surface area contributed by atoms with Crippen molar-refractivity contribution in [3.8, 4) is 0 Å². The molecule has 0 fully saturated rings. The van der Waals surface area contributed by atoms with E-state index in [1.165, 1.54) is 22.6 Å². The fraction of sp³-hybridized carbons (Fsp3) is 0.167. The van der Waals surface area contributed by atoms with Crippen molar-refractivity contribution in [1.82, 2.24) is 4.98 Å². The zero-order chi connectivity index (χ0) is 11.8. The number of aromatic nitrogens is 1. The molecule has 15 heavy (non-hydrogen) atoms. The molecule has 9 heteroatoms. The Kier molecular flexibility index (Phi) is 3.82. The summed E-state index contributed by atoms with van der Waals surface area (Å²) in [4.78, 5) is 2.26. The van der Waals surface area contributed by atoms with E-state index in [9.17, 15) is 21.6 Å². The summed E-state index contributed by atoms with van der Waals surface area (Å²) in [5.74, 6) is -1.18. The lowest BCUT2D eigenvalue weighted by molar-refractivity contribution is 0.147. The summed E-state index contributed by atoms with van der Waals surface area (Å²) in [6.07, 6.45) is -3.14. The molecule has 84 valence electrons. The molecule has 3 nitrogen and oxygen atoms in total. The Hall–Kier alpha value is -0.0900. The molecule has 0 amide bonds. The van der Waals surface area contributed by atoms with Crippen LogP contribution in [0.5, 0.6) is 0 Å². The minimum atomic E-state index is -4.37. The van der Waals surface area contributed by atoms with Crippen LogP contribution in [0.4, 0.5) is 13.2 Å². The van der Waals surface area contributed by atoms with Gasteiger partial charge in [0.2, 0.25) is 5.95 Å². The second kappa shape index (κ2) is 4.42. The first-order chi connectivity index (χ1) is 6.73. The molecule has 1 aromatic rings. The first kappa shape index (κ1) is 13.0. The van der Waals surface area contributed by atoms with Gasteiger partial charge in [-0.2, -0.15) is 4.39 Å². The standard InChI is InChI=1S/C6H2ClF3INO2S/c7-15(13,14)4-2(5(9)10)1-3(8)12-6(4)11/h1,5H. The smallest absolute Gasteiger partial charge is 0.212 e. The Labute approximate surface area is 101 Å². The van der Waals surface area contributed by atoms with E-state index in [0.717, 1.165) is 0 Å². The third kappa shape index (κ3) is 2.94. The lowest BCUT2D eigenvalue weighted by Gasteiger charge is -2.07. The largest absolute Gasteiger partial charge is 0.265 e. The molecule has 1 rings (SSSR count). The fourth-order valence-electron chi connectivity index (χ4n) is 0.893. The average molecular weight is 372 g/mol. The van der Waals surface area contributed by atoms with Gasteiger partial charge in [-0.05, 0) is 22.6 Å². The highest BCUT2D eigenvalue weighted by Crippen LogP contribution is 2.31. The van der Waals surface area contributed by atoms with Crippen LogP contribution >= 0.6 is 33.3 Å². The Morgan fingerprint density at radius 2 is 2.00 bits per heavy atom. The number of rotatable bonds is 2. The topological polar surface area (TPSA) is 47.0 Å². The third-order valence-electron chi connectivity index (χ3n) is 1.41. The molecule has 0 saturated carbocycles. The summed E-state index contributed by atoms with van der Waals surface area (Å²) in [6, 6.07) is 0.349. The van der Waals surface area contributed by atoms with Gasteiger partial charge in [-0.1, -0.05) is 0 Å². The van der Waals surface area contributed by atoms with Gasteiger partial charge in [-0.3, -0.25) is 0 Å². The number of alkyl halides is 2. The van der Waals surface area contributed by atoms with Crippen molar-refractivity contribution in [2.75, 3.05) is 0 Å². The molecule has 0 spiro atoms. The van der Waals surface area contributed by atoms with Crippen molar-refractivity contribution in [3.05, 3.63) is 21.3 Å². The second-order valence-electron chi connectivity index (χ2n) is 2.39. The summed E-state index contributed by atoms with van der Waals surface area (Å²) in [5, 5.41) is 0. The zero-order valence-electron chi connectivity index (χ0n) is 6.72. The van der Waals surface area contributed by atoms with Crippen LogP contribution in [0, 0.1) is 9.65 Å². The molecular formula is C6H2ClF3INO2S. The SMILES string of the molecule is O=S(=O)(Cl)c1c(C(F)F)cc(F)nc1I. The van der Waals surface area contributed by atoms with Crippen LogP contribution in [0.25, 0.3) is 0 Å². The molecule has 1 aromatic heterocycles. The van der Waals surface area contributed by atoms with E-state index in [4.69, 9.17) is 10.7 Å². The van der Waals surface area contributed by atoms with Gasteiger partial charge < -0.3 is 0 Å². The molecule has 0 aliphatic heterocycles. The Balaban J connectivity index is 3.62. The van der Waals surface area contributed by atoms with Crippen LogP contribution in [-0.2, 0) is 9.05 Å². The number of nitrogens with zero attached hydrogens (tertiary/aromatic N) is 1. The van der Waals surface area contributed by atoms with Crippen molar-refractivity contribution >= 4 is 42.3 Å². The highest BCUT2D eigenvalue weighted by molar-refractivity contribution is 14.1. The number of hydrogen-bond acceptors (Lipinski definition) is 3. The maximum Gasteiger partial charge on any atom is 0.265 e. The van der Waals surface area contributed by atoms with E-state index in [0.29, 0.717) is 6.07 Å². The van der Waals surface area contributed by atoms with E-state index in [1.807, 2.05) is 0 Å². The van der Waals surface area contributed by atoms with Crippen LogP contribution < -0.4 is 0 Å². The van der Waals surface area contributed by atoms with Gasteiger partial charge in [-0.15, -0.1) is 0 Å². The number of pyridine rings is 1. The molecule has 0 aromatic carbocycles. The van der Waals surface area contributed by atoms with Gasteiger partial charge in [-0.25, -0.2) is 22.2 Å². The van der Waals surface area contributed by atoms with Crippen LogP contribution in [0.3, 0.4) is 0 Å². The predicted molar refractivity (Wildman–Crippen MR) is 54.9 cm³/mol. The minimum absolute atomic E-state index is 0.349. The Morgan fingerprint density at radius 1 is 1.47 bits per heavy atom. The first-order valence-electron chi connectivity index (χ1n) is 3.32. The molecule has 1 heterocycles. The molecule has 0 bridgehead atoms. The van der Waals surface area contributed by atoms with Crippen molar-refractivity contribution in [1.29, 1.82) is 0 Å². The maximum absolute atomic E-state index is 12.7. The minimum Gasteiger partial charge on any atom is -0.212 e. The predicted octanol–water partition coefficient (Wildman–Crippen LogP) is 2.69. The molecule has 0 N–H and O–H groups in total. The van der Waals surface area contributed by atoms with Crippen LogP contribution in [0.2, 0.25) is 0 Å². The molecule has 0 atom stereocenters. The van der Waals surface area contributed by atoms with Gasteiger partial charge >= 0.3 is 0 Å². The van der Waals surface area contributed by atoms with E-state index in [1.54, 1.807) is 0 Å². The van der Waals surface area contributed by atoms with Crippen LogP contribution in [0.15, 0.2) is 11.0 Å². The van der Waals surface area contributed by atoms with Crippen molar-refractivity contribution in [2.45, 2.75) is 11.3 Å². The second-order valence-corrected chi connectivity index (χ2v) is 5.92. The molecule has 0 radical (unpaired) electrons. The van der Waals surface area contributed by atoms with Gasteiger partial charge in [0.1, 0.15) is 8.60 Å². The van der Waals surface area contributed by atoms with Gasteiger partial charge in [0, 0.05) is 22.3 Å². The normalized spacial score (nSPS) is 12.1. The van der Waals surface area contributed by atoms with Gasteiger partial charge in [0.25, 0.3) is 15.5 Å². The average Bonchev–Trinajstić information content (AvgIpc) is 1.99. The van der Waals surface area contributed by atoms with Crippen molar-refractivity contribution in [2.24, 2.45) is 0 Å². The zero-order valence-corrected chi connectivity index (χ0v) is 10.4. The van der Waals surface area contributed by atoms with Crippen molar-refractivity contribution in [3.63, 3.8) is 0 Å². The number of hydrogen-bond donors (Lipinski definition) is 0. The van der Waals surface area contributed by atoms with E-state index in [-0.39, 0.29) is 0 Å². The van der Waals surface area contributed by atoms with Crippen LogP contribution in [0.1, 0.15) is 12.0 Å². The van der Waals surface area contributed by atoms with Crippen molar-refractivity contribution < 1.29 is 21.6 Å². The molecule has 0 saturated heterocycles. The number of halogens is 5. The third-order valence-corrected chi connectivity index (χ3v) is 3.93. The Bertz CT molecular complexity index is 493. The summed E-state index contributed by atoms with van der Waals surface area (Å²) < 4.78 is 59.0. The summed E-state index contributed by atoms with van der Waals surface area (Å²) in [5.41, 5.74) is -0.984. The quantitative estimate of drug-likeness (QED) is 0.456.